The van der Waals surface area contributed by atoms with Crippen LogP contribution in [0.3, 0.4) is 0 Å². The highest BCUT2D eigenvalue weighted by atomic mass is 35.5. The number of amides is 2. The van der Waals surface area contributed by atoms with Crippen LogP contribution in [0, 0.1) is 5.92 Å². The molecule has 1 atom stereocenters. The summed E-state index contributed by atoms with van der Waals surface area (Å²) in [6, 6.07) is 4.20. The molecule has 0 radical (unpaired) electrons. The second-order valence-electron chi connectivity index (χ2n) is 6.15. The van der Waals surface area contributed by atoms with Gasteiger partial charge in [0.05, 0.1) is 5.56 Å². The Morgan fingerprint density at radius 3 is 2.04 bits per heavy atom. The smallest absolute Gasteiger partial charge is 0.339 e. The predicted molar refractivity (Wildman–Crippen MR) is 94.3 cm³/mol. The van der Waals surface area contributed by atoms with Crippen LogP contribution in [0.25, 0.3) is 0 Å². The van der Waals surface area contributed by atoms with Crippen molar-refractivity contribution in [2.75, 3.05) is 39.8 Å². The second kappa shape index (κ2) is 9.23. The van der Waals surface area contributed by atoms with Crippen LogP contribution in [0.15, 0.2) is 24.3 Å². The molecule has 9 heteroatoms. The molecule has 0 bridgehead atoms. The van der Waals surface area contributed by atoms with Crippen molar-refractivity contribution in [3.05, 3.63) is 35.4 Å². The number of carbonyl (C=O) groups excluding carboxylic acids is 2. The molecule has 1 N–H and O–H groups in total. The van der Waals surface area contributed by atoms with Gasteiger partial charge in [0.2, 0.25) is 5.91 Å². The van der Waals surface area contributed by atoms with Crippen molar-refractivity contribution in [2.24, 2.45) is 5.92 Å². The van der Waals surface area contributed by atoms with E-state index < -0.39 is 11.7 Å². The highest BCUT2D eigenvalue weighted by molar-refractivity contribution is 5.94. The zero-order valence-electron chi connectivity index (χ0n) is 14.7. The average molecular weight is 394 g/mol. The molecule has 1 aliphatic heterocycles. The highest BCUT2D eigenvalue weighted by Gasteiger charge is 2.31. The minimum absolute atomic E-state index is 0. The van der Waals surface area contributed by atoms with Crippen LogP contribution < -0.4 is 5.32 Å². The SMILES string of the molecule is CNCC(C)C(=O)N1CCN(C(=O)c2ccc(C(F)(F)F)cc2)CC1.Cl. The lowest BCUT2D eigenvalue weighted by Crippen LogP contribution is -2.52. The third-order valence-electron chi connectivity index (χ3n) is 4.27. The molecule has 1 unspecified atom stereocenters. The summed E-state index contributed by atoms with van der Waals surface area (Å²) in [5.41, 5.74) is -0.561. The van der Waals surface area contributed by atoms with E-state index in [4.69, 9.17) is 0 Å². The molecule has 1 saturated heterocycles. The molecule has 0 aromatic heterocycles. The standard InChI is InChI=1S/C17H22F3N3O2.ClH/c1-12(11-21-2)15(24)22-7-9-23(10-8-22)16(25)13-3-5-14(6-4-13)17(18,19)20;/h3-6,12,21H,7-11H2,1-2H3;1H. The monoisotopic (exact) mass is 393 g/mol. The van der Waals surface area contributed by atoms with Gasteiger partial charge in [0, 0.05) is 44.2 Å². The van der Waals surface area contributed by atoms with Gasteiger partial charge in [-0.15, -0.1) is 12.4 Å². The van der Waals surface area contributed by atoms with E-state index in [0.717, 1.165) is 12.1 Å². The maximum atomic E-state index is 12.6. The van der Waals surface area contributed by atoms with Gasteiger partial charge in [-0.2, -0.15) is 13.2 Å². The van der Waals surface area contributed by atoms with Gasteiger partial charge < -0.3 is 15.1 Å². The Morgan fingerprint density at radius 2 is 1.58 bits per heavy atom. The second-order valence-corrected chi connectivity index (χ2v) is 6.15. The van der Waals surface area contributed by atoms with Gasteiger partial charge in [0.1, 0.15) is 0 Å². The molecule has 2 amide bonds. The van der Waals surface area contributed by atoms with Gasteiger partial charge >= 0.3 is 6.18 Å². The quantitative estimate of drug-likeness (QED) is 0.853. The summed E-state index contributed by atoms with van der Waals surface area (Å²) in [5.74, 6) is -0.415. The Balaban J connectivity index is 0.00000338. The van der Waals surface area contributed by atoms with E-state index in [1.165, 1.54) is 12.1 Å². The largest absolute Gasteiger partial charge is 0.416 e. The first-order chi connectivity index (χ1) is 11.7. The van der Waals surface area contributed by atoms with Crippen molar-refractivity contribution in [1.82, 2.24) is 15.1 Å². The number of hydrogen-bond donors (Lipinski definition) is 1. The third kappa shape index (κ3) is 5.35. The molecule has 1 aliphatic rings. The van der Waals surface area contributed by atoms with E-state index in [1.807, 2.05) is 6.92 Å². The first-order valence-electron chi connectivity index (χ1n) is 8.14. The lowest BCUT2D eigenvalue weighted by molar-refractivity contribution is -0.137. The lowest BCUT2D eigenvalue weighted by atomic mass is 10.1. The molecule has 1 aromatic carbocycles. The van der Waals surface area contributed by atoms with Gasteiger partial charge in [-0.3, -0.25) is 9.59 Å². The fourth-order valence-corrected chi connectivity index (χ4v) is 2.82. The van der Waals surface area contributed by atoms with Crippen molar-refractivity contribution < 1.29 is 22.8 Å². The summed E-state index contributed by atoms with van der Waals surface area (Å²) in [7, 11) is 1.78. The summed E-state index contributed by atoms with van der Waals surface area (Å²) < 4.78 is 37.7. The number of alkyl halides is 3. The highest BCUT2D eigenvalue weighted by Crippen LogP contribution is 2.29. The maximum Gasteiger partial charge on any atom is 0.416 e. The Labute approximate surface area is 156 Å². The van der Waals surface area contributed by atoms with E-state index >= 15 is 0 Å². The van der Waals surface area contributed by atoms with Gasteiger partial charge in [0.15, 0.2) is 0 Å². The van der Waals surface area contributed by atoms with Gasteiger partial charge in [-0.1, -0.05) is 6.92 Å². The molecule has 146 valence electrons. The van der Waals surface area contributed by atoms with Crippen molar-refractivity contribution in [2.45, 2.75) is 13.1 Å². The zero-order valence-corrected chi connectivity index (χ0v) is 15.5. The van der Waals surface area contributed by atoms with Gasteiger partial charge in [-0.05, 0) is 31.3 Å². The Hall–Kier alpha value is -1.80. The maximum absolute atomic E-state index is 12.6. The molecule has 1 heterocycles. The number of rotatable bonds is 4. The molecule has 2 rings (SSSR count). The summed E-state index contributed by atoms with van der Waals surface area (Å²) in [6.45, 7) is 4.04. The molecule has 1 fully saturated rings. The first kappa shape index (κ1) is 22.2. The van der Waals surface area contributed by atoms with Crippen LogP contribution >= 0.6 is 12.4 Å². The van der Waals surface area contributed by atoms with E-state index in [2.05, 4.69) is 5.32 Å². The first-order valence-corrected chi connectivity index (χ1v) is 8.14. The van der Waals surface area contributed by atoms with E-state index in [9.17, 15) is 22.8 Å². The average Bonchev–Trinajstić information content (AvgIpc) is 2.60. The van der Waals surface area contributed by atoms with Crippen molar-refractivity contribution >= 4 is 24.2 Å². The number of halogens is 4. The fraction of sp³-hybridized carbons (Fsp3) is 0.529. The normalized spacial score (nSPS) is 16.0. The molecular weight excluding hydrogens is 371 g/mol. The zero-order chi connectivity index (χ0) is 18.6. The fourth-order valence-electron chi connectivity index (χ4n) is 2.82. The molecule has 5 nitrogen and oxygen atoms in total. The molecular formula is C17H23ClF3N3O2. The van der Waals surface area contributed by atoms with E-state index in [0.29, 0.717) is 32.7 Å². The summed E-state index contributed by atoms with van der Waals surface area (Å²) >= 11 is 0. The lowest BCUT2D eigenvalue weighted by Gasteiger charge is -2.36. The van der Waals surface area contributed by atoms with E-state index in [1.54, 1.807) is 16.8 Å². The van der Waals surface area contributed by atoms with Crippen LogP contribution in [0.2, 0.25) is 0 Å². The summed E-state index contributed by atoms with van der Waals surface area (Å²) in [4.78, 5) is 27.9. The molecule has 0 aliphatic carbocycles. The number of nitrogens with zero attached hydrogens (tertiary/aromatic N) is 2. The third-order valence-corrected chi connectivity index (χ3v) is 4.27. The topological polar surface area (TPSA) is 52.7 Å². The number of carbonyl (C=O) groups is 2. The van der Waals surface area contributed by atoms with Gasteiger partial charge in [0.25, 0.3) is 5.91 Å². The van der Waals surface area contributed by atoms with Crippen LogP contribution in [-0.4, -0.2) is 61.4 Å². The van der Waals surface area contributed by atoms with Crippen molar-refractivity contribution in [3.8, 4) is 0 Å². The molecule has 26 heavy (non-hydrogen) atoms. The van der Waals surface area contributed by atoms with Gasteiger partial charge in [-0.25, -0.2) is 0 Å². The van der Waals surface area contributed by atoms with Crippen molar-refractivity contribution in [3.63, 3.8) is 0 Å². The van der Waals surface area contributed by atoms with E-state index in [-0.39, 0.29) is 35.7 Å². The van der Waals surface area contributed by atoms with Crippen LogP contribution in [-0.2, 0) is 11.0 Å². The predicted octanol–water partition coefficient (Wildman–Crippen LogP) is 2.27. The minimum atomic E-state index is -4.42. The summed E-state index contributed by atoms with van der Waals surface area (Å²) in [6.07, 6.45) is -4.42. The molecule has 1 aromatic rings. The van der Waals surface area contributed by atoms with Crippen molar-refractivity contribution in [1.29, 1.82) is 0 Å². The number of benzene rings is 1. The number of nitrogens with one attached hydrogen (secondary N) is 1. The Bertz CT molecular complexity index is 615. The number of hydrogen-bond acceptors (Lipinski definition) is 3. The summed E-state index contributed by atoms with van der Waals surface area (Å²) in [5, 5.41) is 2.96. The van der Waals surface area contributed by atoms with Crippen LogP contribution in [0.1, 0.15) is 22.8 Å². The Kier molecular flexibility index (Phi) is 7.89. The number of piperazine rings is 1. The molecule has 0 saturated carbocycles. The Morgan fingerprint density at radius 1 is 1.08 bits per heavy atom. The van der Waals surface area contributed by atoms with Crippen LogP contribution in [0.4, 0.5) is 13.2 Å². The minimum Gasteiger partial charge on any atom is -0.339 e. The molecule has 0 spiro atoms. The van der Waals surface area contributed by atoms with Crippen LogP contribution in [0.5, 0.6) is 0 Å².